The van der Waals surface area contributed by atoms with E-state index in [9.17, 15) is 55.2 Å². The van der Waals surface area contributed by atoms with Crippen molar-refractivity contribution in [2.75, 3.05) is 6.61 Å². The standard InChI is InChI=1S/C50H86O21/c1-8-11-17-20-29-21-18-15-13-12-14-16-19-22-33(52)66-41-30(23-31-34(53)36(55)40(28(7)62-31)67-45(59)25(4)9-2)27(6)63-50(44(41)68-46(60)26(5)10-3)70-42-37(56)35(54)32(24-51)65-49(42)69-43-38(57)39(58)47(61)71-48(43)64-29/h25-32,34-44,47-51,53-58,61H,8-24H2,1-7H3/t25-,26+,27-,28+,29-,30-,31-,32+,34+,35+,36-,37-,38-,39-,40+,41+,42+,43+,44-,47-,48+,49-,50-/m0/s1. The molecule has 0 radical (unpaired) electrons. The third kappa shape index (κ3) is 15.7. The number of carbonyl (C=O) groups excluding carboxylic acids is 3. The molecule has 5 aliphatic rings. The van der Waals surface area contributed by atoms with Gasteiger partial charge in [0, 0.05) is 12.3 Å². The van der Waals surface area contributed by atoms with Crippen LogP contribution < -0.4 is 0 Å². The Hall–Kier alpha value is -2.19. The number of rotatable bonds is 13. The monoisotopic (exact) mass is 1020 g/mol. The Kier molecular flexibility index (Phi) is 24.1. The van der Waals surface area contributed by atoms with Gasteiger partial charge in [-0.15, -0.1) is 0 Å². The quantitative estimate of drug-likeness (QED) is 0.0745. The molecule has 5 rings (SSSR count). The molecule has 0 aliphatic carbocycles. The lowest BCUT2D eigenvalue weighted by Crippen LogP contribution is -2.67. The van der Waals surface area contributed by atoms with E-state index in [0.717, 1.165) is 57.8 Å². The van der Waals surface area contributed by atoms with Gasteiger partial charge in [0.05, 0.1) is 42.9 Å². The van der Waals surface area contributed by atoms with Crippen LogP contribution in [-0.2, 0) is 61.8 Å². The van der Waals surface area contributed by atoms with Crippen LogP contribution in [0.1, 0.15) is 151 Å². The van der Waals surface area contributed by atoms with E-state index in [4.69, 9.17) is 47.4 Å². The fraction of sp³-hybridized carbons (Fsp3) is 0.940. The van der Waals surface area contributed by atoms with E-state index in [1.54, 1.807) is 34.6 Å². The van der Waals surface area contributed by atoms with Gasteiger partial charge in [0.25, 0.3) is 0 Å². The number of unbranched alkanes of at least 4 members (excludes halogenated alkanes) is 2. The molecule has 8 N–H and O–H groups in total. The highest BCUT2D eigenvalue weighted by Gasteiger charge is 2.57. The van der Waals surface area contributed by atoms with Gasteiger partial charge >= 0.3 is 17.9 Å². The number of aliphatic hydroxyl groups is 8. The summed E-state index contributed by atoms with van der Waals surface area (Å²) in [6.07, 6.45) is -20.1. The molecule has 21 nitrogen and oxygen atoms in total. The summed E-state index contributed by atoms with van der Waals surface area (Å²) in [4.78, 5) is 40.6. The Morgan fingerprint density at radius 2 is 1.15 bits per heavy atom. The van der Waals surface area contributed by atoms with Crippen molar-refractivity contribution >= 4 is 17.9 Å². The molecule has 5 saturated heterocycles. The third-order valence-electron chi connectivity index (χ3n) is 15.0. The third-order valence-corrected chi connectivity index (χ3v) is 15.0. The number of esters is 3. The van der Waals surface area contributed by atoms with Gasteiger partial charge < -0.3 is 88.2 Å². The van der Waals surface area contributed by atoms with E-state index >= 15 is 0 Å². The van der Waals surface area contributed by atoms with E-state index in [1.807, 2.05) is 6.92 Å². The lowest BCUT2D eigenvalue weighted by atomic mass is 9.81. The van der Waals surface area contributed by atoms with Crippen LogP contribution in [0.4, 0.5) is 0 Å². The summed E-state index contributed by atoms with van der Waals surface area (Å²) >= 11 is 0. The molecule has 0 aromatic heterocycles. The summed E-state index contributed by atoms with van der Waals surface area (Å²) < 4.78 is 61.9. The van der Waals surface area contributed by atoms with E-state index < -0.39 is 165 Å². The minimum absolute atomic E-state index is 0.00164. The summed E-state index contributed by atoms with van der Waals surface area (Å²) in [6.45, 7) is 11.4. The molecule has 0 aromatic rings. The van der Waals surface area contributed by atoms with Crippen LogP contribution in [0.3, 0.4) is 0 Å². The van der Waals surface area contributed by atoms with E-state index in [2.05, 4.69) is 6.92 Å². The highest BCUT2D eigenvalue weighted by molar-refractivity contribution is 5.73. The summed E-state index contributed by atoms with van der Waals surface area (Å²) in [5.41, 5.74) is 0. The lowest BCUT2D eigenvalue weighted by molar-refractivity contribution is -0.404. The van der Waals surface area contributed by atoms with Gasteiger partial charge in [-0.2, -0.15) is 0 Å². The fourth-order valence-electron chi connectivity index (χ4n) is 9.88. The van der Waals surface area contributed by atoms with Crippen molar-refractivity contribution in [2.24, 2.45) is 17.8 Å². The number of ether oxygens (including phenoxy) is 10. The molecule has 5 aliphatic heterocycles. The molecule has 0 amide bonds. The predicted molar refractivity (Wildman–Crippen MR) is 248 cm³/mol. The van der Waals surface area contributed by atoms with Gasteiger partial charge in [0.1, 0.15) is 61.0 Å². The SMILES string of the molecule is CCCCC[C@H]1CCCCCCCCCC(=O)O[C@@H]2[C@@H](C[C@@H]3O[C@H](C)[C@@H](OC(=O)[C@@H](C)CC)[C@@H](O)[C@@H]3O)[C@H](C)O[C@@H](O[C@H]3[C@H](O[C@H]4[C@H](O1)O[C@H](O)[C@@H](O)[C@@H]4O)O[C@H](CO)[C@@H](O)[C@@H]3O)[C@H]2OC(=O)[C@H](C)CC. The van der Waals surface area contributed by atoms with Gasteiger partial charge in [-0.05, 0) is 52.4 Å². The highest BCUT2D eigenvalue weighted by atomic mass is 16.8. The van der Waals surface area contributed by atoms with Crippen molar-refractivity contribution in [3.05, 3.63) is 0 Å². The molecule has 0 saturated carbocycles. The maximum atomic E-state index is 14.0. The fourth-order valence-corrected chi connectivity index (χ4v) is 9.88. The zero-order chi connectivity index (χ0) is 52.1. The minimum atomic E-state index is -1.94. The van der Waals surface area contributed by atoms with E-state index in [-0.39, 0.29) is 12.8 Å². The first kappa shape index (κ1) is 59.7. The summed E-state index contributed by atoms with van der Waals surface area (Å²) in [5.74, 6) is -4.02. The molecule has 23 atom stereocenters. The van der Waals surface area contributed by atoms with Crippen LogP contribution in [0.25, 0.3) is 0 Å². The first-order valence-corrected chi connectivity index (χ1v) is 26.4. The van der Waals surface area contributed by atoms with Gasteiger partial charge in [0.2, 0.25) is 0 Å². The molecular weight excluding hydrogens is 937 g/mol. The topological polar surface area (TPSA) is 305 Å². The molecule has 412 valence electrons. The molecule has 5 heterocycles. The van der Waals surface area contributed by atoms with Crippen molar-refractivity contribution < 1.29 is 103 Å². The molecule has 5 fully saturated rings. The Bertz CT molecular complexity index is 1610. The summed E-state index contributed by atoms with van der Waals surface area (Å²) in [6, 6.07) is 0. The van der Waals surface area contributed by atoms with Gasteiger partial charge in [-0.1, -0.05) is 92.4 Å². The van der Waals surface area contributed by atoms with Crippen LogP contribution in [0.5, 0.6) is 0 Å². The number of hydrogen-bond acceptors (Lipinski definition) is 21. The van der Waals surface area contributed by atoms with Crippen LogP contribution in [0.2, 0.25) is 0 Å². The van der Waals surface area contributed by atoms with Crippen molar-refractivity contribution in [3.8, 4) is 0 Å². The van der Waals surface area contributed by atoms with Crippen LogP contribution >= 0.6 is 0 Å². The lowest BCUT2D eigenvalue weighted by Gasteiger charge is -2.50. The molecule has 71 heavy (non-hydrogen) atoms. The van der Waals surface area contributed by atoms with Gasteiger partial charge in [-0.25, -0.2) is 0 Å². The second-order valence-corrected chi connectivity index (χ2v) is 20.4. The molecule has 0 spiro atoms. The first-order valence-electron chi connectivity index (χ1n) is 26.4. The Balaban J connectivity index is 1.54. The van der Waals surface area contributed by atoms with Crippen molar-refractivity contribution in [1.82, 2.24) is 0 Å². The Morgan fingerprint density at radius 3 is 1.77 bits per heavy atom. The van der Waals surface area contributed by atoms with Crippen molar-refractivity contribution in [3.63, 3.8) is 0 Å². The minimum Gasteiger partial charge on any atom is -0.458 e. The molecule has 0 aromatic carbocycles. The number of carbonyl (C=O) groups is 3. The Labute approximate surface area is 418 Å². The van der Waals surface area contributed by atoms with Gasteiger partial charge in [-0.3, -0.25) is 14.4 Å². The average Bonchev–Trinajstić information content (AvgIpc) is 3.34. The summed E-state index contributed by atoms with van der Waals surface area (Å²) in [5, 5.41) is 89.4. The van der Waals surface area contributed by atoms with Crippen molar-refractivity contribution in [1.29, 1.82) is 0 Å². The second-order valence-electron chi connectivity index (χ2n) is 20.4. The zero-order valence-electron chi connectivity index (χ0n) is 42.7. The van der Waals surface area contributed by atoms with Crippen LogP contribution in [-0.4, -0.2) is 188 Å². The zero-order valence-corrected chi connectivity index (χ0v) is 42.7. The number of hydrogen-bond donors (Lipinski definition) is 8. The molecule has 21 heteroatoms. The van der Waals surface area contributed by atoms with E-state index in [0.29, 0.717) is 32.1 Å². The molecule has 2 bridgehead atoms. The van der Waals surface area contributed by atoms with Crippen LogP contribution in [0.15, 0.2) is 0 Å². The highest BCUT2D eigenvalue weighted by Crippen LogP contribution is 2.40. The largest absolute Gasteiger partial charge is 0.458 e. The maximum absolute atomic E-state index is 14.0. The second kappa shape index (κ2) is 28.6. The molecule has 0 unspecified atom stereocenters. The predicted octanol–water partition coefficient (Wildman–Crippen LogP) is 2.17. The smallest absolute Gasteiger partial charge is 0.309 e. The number of aliphatic hydroxyl groups excluding tert-OH is 8. The summed E-state index contributed by atoms with van der Waals surface area (Å²) in [7, 11) is 0. The normalized spacial score (nSPS) is 42.4. The van der Waals surface area contributed by atoms with Gasteiger partial charge in [0.15, 0.2) is 37.4 Å². The average molecular weight is 1020 g/mol. The Morgan fingerprint density at radius 1 is 0.592 bits per heavy atom. The molecular formula is C50H86O21. The van der Waals surface area contributed by atoms with Crippen LogP contribution in [0, 0.1) is 17.8 Å². The van der Waals surface area contributed by atoms with E-state index in [1.165, 1.54) is 0 Å². The van der Waals surface area contributed by atoms with Crippen molar-refractivity contribution in [2.45, 2.75) is 274 Å². The first-order chi connectivity index (χ1) is 33.8. The maximum Gasteiger partial charge on any atom is 0.309 e. The number of fused-ring (bicyclic) bond motifs is 4.